The second kappa shape index (κ2) is 4.27. The molecule has 0 saturated heterocycles. The summed E-state index contributed by atoms with van der Waals surface area (Å²) >= 11 is 0. The largest absolute Gasteiger partial charge is 0.327 e. The van der Waals surface area contributed by atoms with E-state index in [1.165, 1.54) is 25.7 Å². The fraction of sp³-hybridized carbons (Fsp3) is 1.00. The van der Waals surface area contributed by atoms with E-state index >= 15 is 0 Å². The maximum absolute atomic E-state index is 5.98. The van der Waals surface area contributed by atoms with Gasteiger partial charge in [0.15, 0.2) is 0 Å². The summed E-state index contributed by atoms with van der Waals surface area (Å²) in [5, 5.41) is 0. The Morgan fingerprint density at radius 3 is 2.42 bits per heavy atom. The highest BCUT2D eigenvalue weighted by Crippen LogP contribution is 2.34. The number of nitrogens with two attached hydrogens (primary N) is 1. The van der Waals surface area contributed by atoms with Crippen LogP contribution in [0.4, 0.5) is 0 Å². The lowest BCUT2D eigenvalue weighted by atomic mass is 9.89. The minimum Gasteiger partial charge on any atom is -0.327 e. The van der Waals surface area contributed by atoms with Gasteiger partial charge in [-0.1, -0.05) is 27.2 Å². The van der Waals surface area contributed by atoms with Gasteiger partial charge in [-0.05, 0) is 37.0 Å². The Hall–Kier alpha value is -0.0400. The van der Waals surface area contributed by atoms with Crippen molar-refractivity contribution in [2.24, 2.45) is 23.5 Å². The van der Waals surface area contributed by atoms with Crippen molar-refractivity contribution in [1.29, 1.82) is 0 Å². The molecule has 12 heavy (non-hydrogen) atoms. The summed E-state index contributed by atoms with van der Waals surface area (Å²) in [6.45, 7) is 6.93. The monoisotopic (exact) mass is 169 g/mol. The normalized spacial score (nSPS) is 36.2. The molecule has 2 N–H and O–H groups in total. The van der Waals surface area contributed by atoms with Gasteiger partial charge in [0.1, 0.15) is 0 Å². The molecule has 0 bridgehead atoms. The highest BCUT2D eigenvalue weighted by Gasteiger charge is 2.29. The van der Waals surface area contributed by atoms with Crippen LogP contribution in [0.15, 0.2) is 0 Å². The third-order valence-electron chi connectivity index (χ3n) is 3.40. The Morgan fingerprint density at radius 2 is 2.00 bits per heavy atom. The zero-order chi connectivity index (χ0) is 9.14. The molecule has 1 nitrogen and oxygen atoms in total. The second-order valence-electron chi connectivity index (χ2n) is 4.83. The van der Waals surface area contributed by atoms with Crippen LogP contribution in [0.25, 0.3) is 0 Å². The molecule has 1 rings (SSSR count). The smallest absolute Gasteiger partial charge is 0.00672 e. The lowest BCUT2D eigenvalue weighted by Gasteiger charge is -2.18. The molecule has 1 heteroatoms. The quantitative estimate of drug-likeness (QED) is 0.690. The molecule has 3 unspecified atom stereocenters. The first kappa shape index (κ1) is 10.0. The molecule has 1 aliphatic carbocycles. The Labute approximate surface area is 76.7 Å². The maximum Gasteiger partial charge on any atom is 0.00672 e. The molecule has 0 spiro atoms. The molecule has 0 radical (unpaired) electrons. The third-order valence-corrected chi connectivity index (χ3v) is 3.40. The van der Waals surface area contributed by atoms with Crippen LogP contribution >= 0.6 is 0 Å². The standard InChI is InChI=1S/C11H23N/c1-8(2)4-5-10-6-7-11(12)9(10)3/h8-11H,4-7,12H2,1-3H3. The Morgan fingerprint density at radius 1 is 1.33 bits per heavy atom. The predicted molar refractivity (Wildman–Crippen MR) is 53.9 cm³/mol. The maximum atomic E-state index is 5.98. The minimum atomic E-state index is 0.488. The van der Waals surface area contributed by atoms with Gasteiger partial charge in [-0.15, -0.1) is 0 Å². The van der Waals surface area contributed by atoms with E-state index in [9.17, 15) is 0 Å². The third kappa shape index (κ3) is 2.48. The zero-order valence-electron chi connectivity index (χ0n) is 8.72. The van der Waals surface area contributed by atoms with E-state index in [-0.39, 0.29) is 0 Å². The first-order valence-electron chi connectivity index (χ1n) is 5.37. The summed E-state index contributed by atoms with van der Waals surface area (Å²) in [6, 6.07) is 0.488. The zero-order valence-corrected chi connectivity index (χ0v) is 8.72. The van der Waals surface area contributed by atoms with E-state index in [1.807, 2.05) is 0 Å². The van der Waals surface area contributed by atoms with Crippen molar-refractivity contribution in [1.82, 2.24) is 0 Å². The fourth-order valence-corrected chi connectivity index (χ4v) is 2.24. The molecule has 72 valence electrons. The van der Waals surface area contributed by atoms with Crippen LogP contribution in [0.3, 0.4) is 0 Å². The number of hydrogen-bond donors (Lipinski definition) is 1. The van der Waals surface area contributed by atoms with E-state index in [4.69, 9.17) is 5.73 Å². The minimum absolute atomic E-state index is 0.488. The van der Waals surface area contributed by atoms with Crippen LogP contribution in [0.2, 0.25) is 0 Å². The van der Waals surface area contributed by atoms with Crippen molar-refractivity contribution < 1.29 is 0 Å². The van der Waals surface area contributed by atoms with Crippen LogP contribution in [-0.2, 0) is 0 Å². The molecule has 0 aromatic carbocycles. The molecule has 0 aromatic rings. The average molecular weight is 169 g/mol. The van der Waals surface area contributed by atoms with Gasteiger partial charge in [0, 0.05) is 6.04 Å². The van der Waals surface area contributed by atoms with Crippen molar-refractivity contribution in [2.75, 3.05) is 0 Å². The van der Waals surface area contributed by atoms with Crippen LogP contribution < -0.4 is 5.73 Å². The van der Waals surface area contributed by atoms with Crippen LogP contribution in [-0.4, -0.2) is 6.04 Å². The van der Waals surface area contributed by atoms with Gasteiger partial charge in [-0.2, -0.15) is 0 Å². The molecule has 0 heterocycles. The van der Waals surface area contributed by atoms with Crippen molar-refractivity contribution in [3.8, 4) is 0 Å². The van der Waals surface area contributed by atoms with E-state index in [0.717, 1.165) is 17.8 Å². The van der Waals surface area contributed by atoms with Gasteiger partial charge in [0.25, 0.3) is 0 Å². The molecule has 1 saturated carbocycles. The molecule has 1 aliphatic rings. The van der Waals surface area contributed by atoms with E-state index in [2.05, 4.69) is 20.8 Å². The van der Waals surface area contributed by atoms with E-state index < -0.39 is 0 Å². The highest BCUT2D eigenvalue weighted by molar-refractivity contribution is 4.84. The van der Waals surface area contributed by atoms with Crippen molar-refractivity contribution >= 4 is 0 Å². The number of hydrogen-bond acceptors (Lipinski definition) is 1. The van der Waals surface area contributed by atoms with Crippen LogP contribution in [0.1, 0.15) is 46.5 Å². The van der Waals surface area contributed by atoms with E-state index in [0.29, 0.717) is 6.04 Å². The van der Waals surface area contributed by atoms with Gasteiger partial charge in [-0.25, -0.2) is 0 Å². The van der Waals surface area contributed by atoms with Crippen LogP contribution in [0, 0.1) is 17.8 Å². The lowest BCUT2D eigenvalue weighted by Crippen LogP contribution is -2.25. The second-order valence-corrected chi connectivity index (χ2v) is 4.83. The predicted octanol–water partition coefficient (Wildman–Crippen LogP) is 2.80. The van der Waals surface area contributed by atoms with Crippen molar-refractivity contribution in [3.63, 3.8) is 0 Å². The van der Waals surface area contributed by atoms with Crippen molar-refractivity contribution in [2.45, 2.75) is 52.5 Å². The topological polar surface area (TPSA) is 26.0 Å². The average Bonchev–Trinajstić information content (AvgIpc) is 2.30. The Balaban J connectivity index is 2.24. The molecular weight excluding hydrogens is 146 g/mol. The lowest BCUT2D eigenvalue weighted by molar-refractivity contribution is 0.342. The van der Waals surface area contributed by atoms with Gasteiger partial charge in [-0.3, -0.25) is 0 Å². The van der Waals surface area contributed by atoms with Crippen molar-refractivity contribution in [3.05, 3.63) is 0 Å². The number of rotatable bonds is 3. The summed E-state index contributed by atoms with van der Waals surface area (Å²) in [5.41, 5.74) is 5.98. The van der Waals surface area contributed by atoms with Gasteiger partial charge < -0.3 is 5.73 Å². The Kier molecular flexibility index (Phi) is 3.57. The summed E-state index contributed by atoms with van der Waals surface area (Å²) in [4.78, 5) is 0. The van der Waals surface area contributed by atoms with Gasteiger partial charge >= 0.3 is 0 Å². The summed E-state index contributed by atoms with van der Waals surface area (Å²) in [5.74, 6) is 2.54. The van der Waals surface area contributed by atoms with E-state index in [1.54, 1.807) is 0 Å². The molecule has 0 aromatic heterocycles. The molecular formula is C11H23N. The van der Waals surface area contributed by atoms with Gasteiger partial charge in [0.2, 0.25) is 0 Å². The fourth-order valence-electron chi connectivity index (χ4n) is 2.24. The SMILES string of the molecule is CC(C)CCC1CCC(N)C1C. The van der Waals surface area contributed by atoms with Gasteiger partial charge in [0.05, 0.1) is 0 Å². The summed E-state index contributed by atoms with van der Waals surface area (Å²) in [6.07, 6.45) is 5.40. The first-order valence-corrected chi connectivity index (χ1v) is 5.37. The molecule has 1 fully saturated rings. The van der Waals surface area contributed by atoms with Crippen LogP contribution in [0.5, 0.6) is 0 Å². The molecule has 3 atom stereocenters. The molecule has 0 aliphatic heterocycles. The Bertz CT molecular complexity index is 131. The highest BCUT2D eigenvalue weighted by atomic mass is 14.7. The molecule has 0 amide bonds. The summed E-state index contributed by atoms with van der Waals surface area (Å²) in [7, 11) is 0. The summed E-state index contributed by atoms with van der Waals surface area (Å²) < 4.78 is 0. The first-order chi connectivity index (χ1) is 5.61.